The molecule has 25 heavy (non-hydrogen) atoms. The van der Waals surface area contributed by atoms with Crippen LogP contribution in [0.25, 0.3) is 10.8 Å². The summed E-state index contributed by atoms with van der Waals surface area (Å²) in [6.45, 7) is 7.89. The first-order chi connectivity index (χ1) is 12.0. The quantitative estimate of drug-likeness (QED) is 0.293. The van der Waals surface area contributed by atoms with Crippen LogP contribution in [0.1, 0.15) is 46.5 Å². The fraction of sp³-hybridized carbons (Fsp3) is 0.524. The van der Waals surface area contributed by atoms with Gasteiger partial charge in [-0.15, -0.1) is 0 Å². The third kappa shape index (κ3) is 6.38. The van der Waals surface area contributed by atoms with Crippen LogP contribution in [0.15, 0.2) is 30.3 Å². The summed E-state index contributed by atoms with van der Waals surface area (Å²) < 4.78 is 11.7. The standard InChI is InChI=1S/C21H28BrClO2/c1-4-17(22)7-5-6-12-24-20-11-8-16-13-18(25-14-15(2)3)9-10-19(16)21(20)23/h8-11,13,15,17H,4-7,12,14H2,1-3H3. The van der Waals surface area contributed by atoms with Gasteiger partial charge < -0.3 is 9.47 Å². The van der Waals surface area contributed by atoms with Crippen LogP contribution in [0.4, 0.5) is 0 Å². The first-order valence-electron chi connectivity index (χ1n) is 9.13. The zero-order chi connectivity index (χ0) is 18.2. The Morgan fingerprint density at radius 3 is 2.60 bits per heavy atom. The van der Waals surface area contributed by atoms with Crippen LogP contribution < -0.4 is 9.47 Å². The summed E-state index contributed by atoms with van der Waals surface area (Å²) in [6.07, 6.45) is 4.55. The van der Waals surface area contributed by atoms with Crippen LogP contribution in [0.5, 0.6) is 11.5 Å². The van der Waals surface area contributed by atoms with E-state index in [1.54, 1.807) is 0 Å². The van der Waals surface area contributed by atoms with Crippen molar-refractivity contribution in [1.82, 2.24) is 0 Å². The van der Waals surface area contributed by atoms with Crippen molar-refractivity contribution in [2.45, 2.75) is 51.3 Å². The summed E-state index contributed by atoms with van der Waals surface area (Å²) in [4.78, 5) is 0.615. The van der Waals surface area contributed by atoms with Gasteiger partial charge in [0.2, 0.25) is 0 Å². The maximum atomic E-state index is 6.53. The molecule has 0 radical (unpaired) electrons. The second-order valence-corrected chi connectivity index (χ2v) is 8.49. The highest BCUT2D eigenvalue weighted by molar-refractivity contribution is 9.09. The minimum atomic E-state index is 0.507. The Hall–Kier alpha value is -0.930. The topological polar surface area (TPSA) is 18.5 Å². The van der Waals surface area contributed by atoms with E-state index in [0.717, 1.165) is 35.1 Å². The van der Waals surface area contributed by atoms with E-state index in [1.165, 1.54) is 12.8 Å². The van der Waals surface area contributed by atoms with Crippen LogP contribution in [0.3, 0.4) is 0 Å². The lowest BCUT2D eigenvalue weighted by molar-refractivity contribution is 0.271. The molecule has 0 saturated heterocycles. The van der Waals surface area contributed by atoms with Gasteiger partial charge in [0, 0.05) is 10.2 Å². The van der Waals surface area contributed by atoms with Gasteiger partial charge >= 0.3 is 0 Å². The van der Waals surface area contributed by atoms with Crippen molar-refractivity contribution in [3.8, 4) is 11.5 Å². The molecule has 0 amide bonds. The molecule has 2 rings (SSSR count). The van der Waals surface area contributed by atoms with Gasteiger partial charge in [0.15, 0.2) is 0 Å². The van der Waals surface area contributed by atoms with Crippen molar-refractivity contribution >= 4 is 38.3 Å². The summed E-state index contributed by atoms with van der Waals surface area (Å²) in [6, 6.07) is 10.0. The molecule has 0 aromatic heterocycles. The second-order valence-electron chi connectivity index (χ2n) is 6.82. The molecule has 0 N–H and O–H groups in total. The van der Waals surface area contributed by atoms with Crippen molar-refractivity contribution in [3.63, 3.8) is 0 Å². The molecule has 0 fully saturated rings. The number of benzene rings is 2. The molecule has 0 bridgehead atoms. The number of hydrogen-bond acceptors (Lipinski definition) is 2. The average Bonchev–Trinajstić information content (AvgIpc) is 2.61. The third-order valence-corrected chi connectivity index (χ3v) is 5.58. The molecular formula is C21H28BrClO2. The molecule has 0 aliphatic carbocycles. The number of ether oxygens (including phenoxy) is 2. The Balaban J connectivity index is 1.95. The van der Waals surface area contributed by atoms with E-state index in [-0.39, 0.29) is 0 Å². The molecule has 1 atom stereocenters. The summed E-state index contributed by atoms with van der Waals surface area (Å²) >= 11 is 10.2. The number of fused-ring (bicyclic) bond motifs is 1. The highest BCUT2D eigenvalue weighted by Gasteiger charge is 2.08. The fourth-order valence-corrected chi connectivity index (χ4v) is 3.18. The number of rotatable bonds is 10. The van der Waals surface area contributed by atoms with Gasteiger partial charge in [-0.25, -0.2) is 0 Å². The van der Waals surface area contributed by atoms with Crippen LogP contribution >= 0.6 is 27.5 Å². The van der Waals surface area contributed by atoms with Crippen LogP contribution in [-0.4, -0.2) is 18.0 Å². The van der Waals surface area contributed by atoms with Gasteiger partial charge in [-0.2, -0.15) is 0 Å². The Bertz CT molecular complexity index is 672. The summed E-state index contributed by atoms with van der Waals surface area (Å²) in [5.41, 5.74) is 0. The van der Waals surface area contributed by atoms with E-state index in [4.69, 9.17) is 21.1 Å². The van der Waals surface area contributed by atoms with Gasteiger partial charge in [0.25, 0.3) is 0 Å². The summed E-state index contributed by atoms with van der Waals surface area (Å²) in [7, 11) is 0. The number of hydrogen-bond donors (Lipinski definition) is 0. The number of halogens is 2. The molecule has 1 unspecified atom stereocenters. The zero-order valence-electron chi connectivity index (χ0n) is 15.4. The van der Waals surface area contributed by atoms with Gasteiger partial charge in [0.1, 0.15) is 11.5 Å². The highest BCUT2D eigenvalue weighted by Crippen LogP contribution is 2.34. The summed E-state index contributed by atoms with van der Waals surface area (Å²) in [5, 5.41) is 2.76. The van der Waals surface area contributed by atoms with Gasteiger partial charge in [-0.1, -0.05) is 54.4 Å². The molecule has 0 saturated carbocycles. The van der Waals surface area contributed by atoms with E-state index in [0.29, 0.717) is 29.0 Å². The number of alkyl halides is 1. The van der Waals surface area contributed by atoms with Crippen molar-refractivity contribution in [2.24, 2.45) is 5.92 Å². The van der Waals surface area contributed by atoms with E-state index in [2.05, 4.69) is 36.7 Å². The van der Waals surface area contributed by atoms with Crippen LogP contribution in [-0.2, 0) is 0 Å². The molecule has 0 heterocycles. The van der Waals surface area contributed by atoms with E-state index in [1.807, 2.05) is 30.3 Å². The lowest BCUT2D eigenvalue weighted by Crippen LogP contribution is -2.04. The van der Waals surface area contributed by atoms with Gasteiger partial charge in [0.05, 0.1) is 18.2 Å². The molecule has 0 spiro atoms. The van der Waals surface area contributed by atoms with E-state index >= 15 is 0 Å². The summed E-state index contributed by atoms with van der Waals surface area (Å²) in [5.74, 6) is 2.15. The smallest absolute Gasteiger partial charge is 0.138 e. The van der Waals surface area contributed by atoms with Crippen LogP contribution in [0, 0.1) is 5.92 Å². The average molecular weight is 428 g/mol. The first kappa shape index (κ1) is 20.4. The fourth-order valence-electron chi connectivity index (χ4n) is 2.57. The molecule has 2 aromatic rings. The van der Waals surface area contributed by atoms with Crippen molar-refractivity contribution in [2.75, 3.05) is 13.2 Å². The zero-order valence-corrected chi connectivity index (χ0v) is 17.7. The molecule has 4 heteroatoms. The highest BCUT2D eigenvalue weighted by atomic mass is 79.9. The van der Waals surface area contributed by atoms with E-state index in [9.17, 15) is 0 Å². The first-order valence-corrected chi connectivity index (χ1v) is 10.4. The van der Waals surface area contributed by atoms with Crippen LogP contribution in [0.2, 0.25) is 5.02 Å². The second kappa shape index (κ2) is 10.3. The monoisotopic (exact) mass is 426 g/mol. The predicted octanol–water partition coefficient (Wildman–Crippen LogP) is 7.25. The minimum Gasteiger partial charge on any atom is -0.493 e. The lowest BCUT2D eigenvalue weighted by atomic mass is 10.1. The van der Waals surface area contributed by atoms with E-state index < -0.39 is 0 Å². The van der Waals surface area contributed by atoms with Crippen molar-refractivity contribution in [1.29, 1.82) is 0 Å². The molecule has 2 nitrogen and oxygen atoms in total. The van der Waals surface area contributed by atoms with Gasteiger partial charge in [-0.3, -0.25) is 0 Å². The molecule has 0 aliphatic heterocycles. The lowest BCUT2D eigenvalue weighted by Gasteiger charge is -2.13. The molecule has 2 aromatic carbocycles. The van der Waals surface area contributed by atoms with Crippen molar-refractivity contribution in [3.05, 3.63) is 35.4 Å². The maximum absolute atomic E-state index is 6.53. The maximum Gasteiger partial charge on any atom is 0.138 e. The molecular weight excluding hydrogens is 400 g/mol. The van der Waals surface area contributed by atoms with Gasteiger partial charge in [-0.05, 0) is 61.3 Å². The largest absolute Gasteiger partial charge is 0.493 e. The minimum absolute atomic E-state index is 0.507. The SMILES string of the molecule is CCC(Br)CCCCOc1ccc2cc(OCC(C)C)ccc2c1Cl. The Morgan fingerprint density at radius 1 is 1.08 bits per heavy atom. The molecule has 138 valence electrons. The predicted molar refractivity (Wildman–Crippen MR) is 112 cm³/mol. The molecule has 0 aliphatic rings. The van der Waals surface area contributed by atoms with Crippen molar-refractivity contribution < 1.29 is 9.47 Å². The Labute approximate surface area is 165 Å². The third-order valence-electron chi connectivity index (χ3n) is 4.09. The normalized spacial score (nSPS) is 12.6. The number of unbranched alkanes of at least 4 members (excludes halogenated alkanes) is 1. The Morgan fingerprint density at radius 2 is 1.88 bits per heavy atom. The Kier molecular flexibility index (Phi) is 8.38.